The van der Waals surface area contributed by atoms with Gasteiger partial charge in [0, 0.05) is 0 Å². The highest BCUT2D eigenvalue weighted by Crippen LogP contribution is 2.11. The summed E-state index contributed by atoms with van der Waals surface area (Å²) in [6, 6.07) is 8.33. The molecule has 0 aliphatic rings. The molecule has 1 aromatic carbocycles. The van der Waals surface area contributed by atoms with Crippen molar-refractivity contribution in [3.8, 4) is 5.75 Å². The highest BCUT2D eigenvalue weighted by molar-refractivity contribution is 5.26. The van der Waals surface area contributed by atoms with E-state index in [-0.39, 0.29) is 13.2 Å². The molecule has 0 fully saturated rings. The van der Waals surface area contributed by atoms with E-state index >= 15 is 0 Å². The second-order valence-electron chi connectivity index (χ2n) is 2.85. The van der Waals surface area contributed by atoms with Gasteiger partial charge in [-0.15, -0.1) is 0 Å². The van der Waals surface area contributed by atoms with Gasteiger partial charge in [0.1, 0.15) is 18.5 Å². The first-order valence-corrected chi connectivity index (χ1v) is 4.12. The third-order valence-electron chi connectivity index (χ3n) is 1.57. The van der Waals surface area contributed by atoms with Crippen LogP contribution in [-0.2, 0) is 0 Å². The molecule has 0 spiro atoms. The minimum Gasteiger partial charge on any atom is -0.491 e. The quantitative estimate of drug-likeness (QED) is 0.712. The van der Waals surface area contributed by atoms with Gasteiger partial charge in [0.15, 0.2) is 0 Å². The van der Waals surface area contributed by atoms with E-state index in [2.05, 4.69) is 6.07 Å². The van der Waals surface area contributed by atoms with E-state index in [9.17, 15) is 0 Å². The van der Waals surface area contributed by atoms with Crippen LogP contribution in [0.5, 0.6) is 5.75 Å². The lowest BCUT2D eigenvalue weighted by Gasteiger charge is -2.09. The molecule has 0 aliphatic heterocycles. The Morgan fingerprint density at radius 2 is 2.38 bits per heavy atom. The summed E-state index contributed by atoms with van der Waals surface area (Å²) in [5.74, 6) is 0.684. The van der Waals surface area contributed by atoms with Crippen LogP contribution in [0, 0.1) is 13.0 Å². The van der Waals surface area contributed by atoms with Gasteiger partial charge in [0.25, 0.3) is 0 Å². The topological polar surface area (TPSA) is 49.7 Å². The summed E-state index contributed by atoms with van der Waals surface area (Å²) in [5.41, 5.74) is 0.982. The largest absolute Gasteiger partial charge is 0.491 e. The van der Waals surface area contributed by atoms with E-state index in [1.807, 2.05) is 13.0 Å². The van der Waals surface area contributed by atoms with Crippen LogP contribution < -0.4 is 4.74 Å². The molecule has 0 saturated carbocycles. The molecule has 0 saturated heterocycles. The molecule has 3 heteroatoms. The summed E-state index contributed by atoms with van der Waals surface area (Å²) in [6.45, 7) is 1.74. The van der Waals surface area contributed by atoms with Crippen molar-refractivity contribution >= 4 is 0 Å². The van der Waals surface area contributed by atoms with E-state index in [1.54, 1.807) is 12.1 Å². The summed E-state index contributed by atoms with van der Waals surface area (Å²) in [7, 11) is 0. The van der Waals surface area contributed by atoms with Crippen LogP contribution in [-0.4, -0.2) is 29.5 Å². The minimum absolute atomic E-state index is 0.111. The van der Waals surface area contributed by atoms with Gasteiger partial charge in [-0.2, -0.15) is 0 Å². The molecule has 0 aliphatic carbocycles. The molecule has 71 valence electrons. The molecule has 3 nitrogen and oxygen atoms in total. The van der Waals surface area contributed by atoms with Gasteiger partial charge in [0.2, 0.25) is 0 Å². The van der Waals surface area contributed by atoms with Crippen LogP contribution in [0.1, 0.15) is 5.56 Å². The SMILES string of the molecule is Cc1[c]ccc(OCC(O)CO)c1. The van der Waals surface area contributed by atoms with Gasteiger partial charge in [-0.05, 0) is 30.7 Å². The van der Waals surface area contributed by atoms with Gasteiger partial charge in [0.05, 0.1) is 6.61 Å². The number of ether oxygens (including phenoxy) is 1. The van der Waals surface area contributed by atoms with Gasteiger partial charge in [-0.1, -0.05) is 6.07 Å². The lowest BCUT2D eigenvalue weighted by Crippen LogP contribution is -2.21. The average Bonchev–Trinajstić information content (AvgIpc) is 2.14. The third kappa shape index (κ3) is 3.44. The maximum absolute atomic E-state index is 9.01. The van der Waals surface area contributed by atoms with E-state index in [0.29, 0.717) is 5.75 Å². The van der Waals surface area contributed by atoms with E-state index in [1.165, 1.54) is 0 Å². The van der Waals surface area contributed by atoms with Crippen molar-refractivity contribution in [3.05, 3.63) is 29.8 Å². The van der Waals surface area contributed by atoms with Crippen LogP contribution in [0.15, 0.2) is 18.2 Å². The van der Waals surface area contributed by atoms with E-state index in [4.69, 9.17) is 14.9 Å². The van der Waals surface area contributed by atoms with Crippen LogP contribution >= 0.6 is 0 Å². The first-order chi connectivity index (χ1) is 6.22. The Morgan fingerprint density at radius 3 is 3.00 bits per heavy atom. The van der Waals surface area contributed by atoms with Gasteiger partial charge < -0.3 is 14.9 Å². The molecule has 1 aromatic rings. The Balaban J connectivity index is 2.45. The van der Waals surface area contributed by atoms with Crippen LogP contribution in [0.25, 0.3) is 0 Å². The zero-order chi connectivity index (χ0) is 9.68. The van der Waals surface area contributed by atoms with Crippen LogP contribution in [0.2, 0.25) is 0 Å². The number of aliphatic hydroxyl groups is 2. The lowest BCUT2D eigenvalue weighted by atomic mass is 10.2. The van der Waals surface area contributed by atoms with Crippen molar-refractivity contribution in [3.63, 3.8) is 0 Å². The highest BCUT2D eigenvalue weighted by atomic mass is 16.5. The second-order valence-corrected chi connectivity index (χ2v) is 2.85. The molecule has 13 heavy (non-hydrogen) atoms. The molecule has 0 heterocycles. The van der Waals surface area contributed by atoms with Gasteiger partial charge in [-0.25, -0.2) is 0 Å². The molecule has 0 bridgehead atoms. The fourth-order valence-corrected chi connectivity index (χ4v) is 0.893. The predicted octanol–water partition coefficient (Wildman–Crippen LogP) is 0.527. The highest BCUT2D eigenvalue weighted by Gasteiger charge is 2.02. The van der Waals surface area contributed by atoms with Crippen molar-refractivity contribution in [1.29, 1.82) is 0 Å². The number of rotatable bonds is 4. The summed E-state index contributed by atoms with van der Waals surface area (Å²) in [5, 5.41) is 17.5. The molecule has 0 amide bonds. The lowest BCUT2D eigenvalue weighted by molar-refractivity contribution is 0.0536. The van der Waals surface area contributed by atoms with Crippen molar-refractivity contribution in [2.45, 2.75) is 13.0 Å². The van der Waals surface area contributed by atoms with Crippen molar-refractivity contribution in [2.75, 3.05) is 13.2 Å². The normalized spacial score (nSPS) is 12.5. The van der Waals surface area contributed by atoms with Crippen LogP contribution in [0.4, 0.5) is 0 Å². The maximum atomic E-state index is 9.01. The number of aryl methyl sites for hydroxylation is 1. The number of hydrogen-bond donors (Lipinski definition) is 2. The second kappa shape index (κ2) is 4.84. The fourth-order valence-electron chi connectivity index (χ4n) is 0.893. The van der Waals surface area contributed by atoms with E-state index in [0.717, 1.165) is 5.56 Å². The Morgan fingerprint density at radius 1 is 1.62 bits per heavy atom. The molecule has 1 unspecified atom stereocenters. The van der Waals surface area contributed by atoms with Gasteiger partial charge in [-0.3, -0.25) is 0 Å². The Kier molecular flexibility index (Phi) is 3.73. The zero-order valence-electron chi connectivity index (χ0n) is 7.53. The number of hydrogen-bond acceptors (Lipinski definition) is 3. The number of benzene rings is 1. The summed E-state index contributed by atoms with van der Waals surface area (Å²) >= 11 is 0. The molecule has 0 aromatic heterocycles. The molecular weight excluding hydrogens is 168 g/mol. The molecular formula is C10H13O3. The molecule has 2 N–H and O–H groups in total. The Hall–Kier alpha value is -1.06. The smallest absolute Gasteiger partial charge is 0.119 e. The third-order valence-corrected chi connectivity index (χ3v) is 1.57. The van der Waals surface area contributed by atoms with Crippen LogP contribution in [0.3, 0.4) is 0 Å². The average molecular weight is 181 g/mol. The van der Waals surface area contributed by atoms with E-state index < -0.39 is 6.10 Å². The summed E-state index contributed by atoms with van der Waals surface area (Å²) < 4.78 is 5.21. The maximum Gasteiger partial charge on any atom is 0.119 e. The monoisotopic (exact) mass is 181 g/mol. The zero-order valence-corrected chi connectivity index (χ0v) is 7.53. The Bertz CT molecular complexity index is 260. The molecule has 1 radical (unpaired) electrons. The summed E-state index contributed by atoms with van der Waals surface area (Å²) in [6.07, 6.45) is -0.815. The first kappa shape index (κ1) is 10.0. The molecule has 1 rings (SSSR count). The van der Waals surface area contributed by atoms with Gasteiger partial charge >= 0.3 is 0 Å². The minimum atomic E-state index is -0.815. The van der Waals surface area contributed by atoms with Crippen molar-refractivity contribution < 1.29 is 14.9 Å². The molecule has 1 atom stereocenters. The van der Waals surface area contributed by atoms with Crippen molar-refractivity contribution in [1.82, 2.24) is 0 Å². The standard InChI is InChI=1S/C10H13O3/c1-8-3-2-4-10(5-8)13-7-9(12)6-11/h2,4-5,9,11-12H,6-7H2,1H3. The first-order valence-electron chi connectivity index (χ1n) is 4.12. The summed E-state index contributed by atoms with van der Waals surface area (Å²) in [4.78, 5) is 0. The fraction of sp³-hybridized carbons (Fsp3) is 0.400. The Labute approximate surface area is 77.6 Å². The number of aliphatic hydroxyl groups excluding tert-OH is 2. The van der Waals surface area contributed by atoms with Crippen molar-refractivity contribution in [2.24, 2.45) is 0 Å². The predicted molar refractivity (Wildman–Crippen MR) is 48.6 cm³/mol.